The molecule has 2 aromatic rings. The maximum Gasteiger partial charge on any atom is 0.254 e. The number of carbonyl (C=O) groups is 1. The van der Waals surface area contributed by atoms with Gasteiger partial charge in [-0.15, -0.1) is 0 Å². The van der Waals surface area contributed by atoms with Gasteiger partial charge < -0.3 is 9.64 Å². The highest BCUT2D eigenvalue weighted by Crippen LogP contribution is 2.37. The van der Waals surface area contributed by atoms with Gasteiger partial charge >= 0.3 is 0 Å². The second-order valence-electron chi connectivity index (χ2n) is 8.03. The van der Waals surface area contributed by atoms with Crippen molar-refractivity contribution in [1.82, 2.24) is 4.90 Å². The van der Waals surface area contributed by atoms with E-state index in [1.807, 2.05) is 25.1 Å². The molecular formula is C25H24FN3O2. The number of benzene rings is 2. The number of aliphatic imine (C=N–C) groups is 1. The molecule has 2 aliphatic rings. The van der Waals surface area contributed by atoms with Gasteiger partial charge in [-0.2, -0.15) is 5.26 Å². The lowest BCUT2D eigenvalue weighted by Crippen LogP contribution is -2.58. The van der Waals surface area contributed by atoms with Crippen molar-refractivity contribution < 1.29 is 13.9 Å². The minimum absolute atomic E-state index is 0.000378. The molecule has 2 aromatic carbocycles. The normalized spacial score (nSPS) is 17.5. The molecule has 0 spiro atoms. The molecule has 1 saturated heterocycles. The van der Waals surface area contributed by atoms with Gasteiger partial charge in [-0.05, 0) is 60.7 Å². The van der Waals surface area contributed by atoms with Crippen molar-refractivity contribution in [2.75, 3.05) is 26.7 Å². The Morgan fingerprint density at radius 3 is 2.65 bits per heavy atom. The zero-order chi connectivity index (χ0) is 22.0. The van der Waals surface area contributed by atoms with Gasteiger partial charge in [0, 0.05) is 17.7 Å². The predicted molar refractivity (Wildman–Crippen MR) is 118 cm³/mol. The first-order chi connectivity index (χ1) is 14.9. The molecular weight excluding hydrogens is 393 g/mol. The zero-order valence-electron chi connectivity index (χ0n) is 17.7. The fraction of sp³-hybridized carbons (Fsp3) is 0.320. The van der Waals surface area contributed by atoms with E-state index in [2.05, 4.69) is 4.99 Å². The van der Waals surface area contributed by atoms with Crippen LogP contribution in [0.15, 0.2) is 53.2 Å². The van der Waals surface area contributed by atoms with Crippen LogP contribution in [0.2, 0.25) is 0 Å². The summed E-state index contributed by atoms with van der Waals surface area (Å²) in [7, 11) is 1.63. The minimum Gasteiger partial charge on any atom is -0.495 e. The molecule has 1 fully saturated rings. The van der Waals surface area contributed by atoms with E-state index in [1.54, 1.807) is 43.7 Å². The van der Waals surface area contributed by atoms with Gasteiger partial charge in [-0.25, -0.2) is 4.39 Å². The highest BCUT2D eigenvalue weighted by molar-refractivity contribution is 5.97. The molecule has 0 N–H and O–H groups in total. The predicted octanol–water partition coefficient (Wildman–Crippen LogP) is 4.41. The molecule has 2 heterocycles. The number of halogens is 1. The third-order valence-electron chi connectivity index (χ3n) is 5.95. The molecule has 5 nitrogen and oxygen atoms in total. The van der Waals surface area contributed by atoms with Crippen LogP contribution in [-0.4, -0.2) is 43.8 Å². The Labute approximate surface area is 181 Å². The molecule has 4 rings (SSSR count). The van der Waals surface area contributed by atoms with Gasteiger partial charge in [-0.1, -0.05) is 18.2 Å². The summed E-state index contributed by atoms with van der Waals surface area (Å²) in [6, 6.07) is 14.1. The Bertz CT molecular complexity index is 1110. The number of methoxy groups -OCH3 is 1. The first-order valence-corrected chi connectivity index (χ1v) is 10.3. The lowest BCUT2D eigenvalue weighted by molar-refractivity contribution is -0.0231. The second kappa shape index (κ2) is 8.35. The smallest absolute Gasteiger partial charge is 0.254 e. The van der Waals surface area contributed by atoms with Crippen LogP contribution in [0.25, 0.3) is 5.57 Å². The van der Waals surface area contributed by atoms with Gasteiger partial charge in [0.2, 0.25) is 0 Å². The number of aryl methyl sites for hydroxylation is 1. The summed E-state index contributed by atoms with van der Waals surface area (Å²) in [6.45, 7) is 2.75. The molecule has 158 valence electrons. The fourth-order valence-electron chi connectivity index (χ4n) is 4.13. The number of nitriles is 1. The maximum absolute atomic E-state index is 15.3. The van der Waals surface area contributed by atoms with Gasteiger partial charge in [0.25, 0.3) is 5.91 Å². The number of hydrogen-bond donors (Lipinski definition) is 0. The summed E-state index contributed by atoms with van der Waals surface area (Å²) in [5.74, 6) is 0.530. The summed E-state index contributed by atoms with van der Waals surface area (Å²) in [6.07, 6.45) is 3.48. The van der Waals surface area contributed by atoms with Crippen molar-refractivity contribution in [2.24, 2.45) is 4.99 Å². The molecule has 0 aromatic heterocycles. The van der Waals surface area contributed by atoms with Crippen molar-refractivity contribution in [1.29, 1.82) is 5.26 Å². The third-order valence-corrected chi connectivity index (χ3v) is 5.95. The van der Waals surface area contributed by atoms with E-state index in [-0.39, 0.29) is 19.0 Å². The topological polar surface area (TPSA) is 65.7 Å². The molecule has 0 aliphatic carbocycles. The molecule has 1 amide bonds. The number of alkyl halides is 1. The van der Waals surface area contributed by atoms with E-state index in [4.69, 9.17) is 10.00 Å². The molecule has 0 unspecified atom stereocenters. The lowest BCUT2D eigenvalue weighted by atomic mass is 9.86. The van der Waals surface area contributed by atoms with Gasteiger partial charge in [0.05, 0.1) is 38.0 Å². The molecule has 6 heteroatoms. The maximum atomic E-state index is 15.3. The van der Waals surface area contributed by atoms with Crippen LogP contribution < -0.4 is 0 Å². The summed E-state index contributed by atoms with van der Waals surface area (Å²) < 4.78 is 20.8. The molecule has 0 atom stereocenters. The van der Waals surface area contributed by atoms with Crippen LogP contribution in [-0.2, 0) is 10.4 Å². The molecule has 0 bridgehead atoms. The van der Waals surface area contributed by atoms with Crippen molar-refractivity contribution in [2.45, 2.75) is 25.4 Å². The lowest BCUT2D eigenvalue weighted by Gasteiger charge is -2.44. The van der Waals surface area contributed by atoms with Crippen molar-refractivity contribution in [3.63, 3.8) is 0 Å². The Hall–Kier alpha value is -3.46. The van der Waals surface area contributed by atoms with E-state index in [0.29, 0.717) is 16.7 Å². The number of ether oxygens (including phenoxy) is 1. The Balaban J connectivity index is 1.55. The summed E-state index contributed by atoms with van der Waals surface area (Å²) in [4.78, 5) is 18.9. The molecule has 31 heavy (non-hydrogen) atoms. The summed E-state index contributed by atoms with van der Waals surface area (Å²) in [5.41, 5.74) is 2.99. The average molecular weight is 417 g/mol. The number of carbonyl (C=O) groups excluding carboxylic acids is 1. The number of hydrogen-bond acceptors (Lipinski definition) is 4. The monoisotopic (exact) mass is 417 g/mol. The first kappa shape index (κ1) is 20.8. The van der Waals surface area contributed by atoms with Crippen molar-refractivity contribution in [3.8, 4) is 6.07 Å². The van der Waals surface area contributed by atoms with E-state index in [9.17, 15) is 4.79 Å². The molecule has 2 aliphatic heterocycles. The van der Waals surface area contributed by atoms with Crippen LogP contribution in [0.5, 0.6) is 0 Å². The van der Waals surface area contributed by atoms with Crippen LogP contribution in [0, 0.1) is 18.3 Å². The number of likely N-dealkylation sites (tertiary alicyclic amines) is 1. The third kappa shape index (κ3) is 3.96. The average Bonchev–Trinajstić information content (AvgIpc) is 3.02. The number of allylic oxidation sites excluding steroid dienone is 2. The van der Waals surface area contributed by atoms with Crippen molar-refractivity contribution in [3.05, 3.63) is 76.0 Å². The number of nitrogens with zero attached hydrogens (tertiary/aromatic N) is 3. The van der Waals surface area contributed by atoms with Crippen LogP contribution in [0.4, 0.5) is 4.39 Å². The fourth-order valence-corrected chi connectivity index (χ4v) is 4.13. The standard InChI is InChI=1S/C25H24FN3O2/c1-17-5-8-19(12-22(17)21-4-3-11-28-14-23(21)31-2)24(30)29-15-25(26,16-29)20-9-6-18(13-27)7-10-20/h5-10,12,14H,3-4,11,15-16H2,1-2H3. The van der Waals surface area contributed by atoms with Crippen LogP contribution in [0.3, 0.4) is 0 Å². The summed E-state index contributed by atoms with van der Waals surface area (Å²) in [5, 5.41) is 8.91. The highest BCUT2D eigenvalue weighted by atomic mass is 19.1. The Morgan fingerprint density at radius 2 is 1.97 bits per heavy atom. The Morgan fingerprint density at radius 1 is 1.23 bits per heavy atom. The zero-order valence-corrected chi connectivity index (χ0v) is 17.7. The Kier molecular flexibility index (Phi) is 5.60. The van der Waals surface area contributed by atoms with Crippen molar-refractivity contribution >= 4 is 17.7 Å². The SMILES string of the molecule is COC1=C(c2cc(C(=O)N3CC(F)(c4ccc(C#N)cc4)C3)ccc2C)CCCN=C1. The van der Waals surface area contributed by atoms with E-state index in [0.717, 1.165) is 41.8 Å². The minimum atomic E-state index is -1.58. The molecule has 0 radical (unpaired) electrons. The van der Waals surface area contributed by atoms with Crippen LogP contribution >= 0.6 is 0 Å². The van der Waals surface area contributed by atoms with Gasteiger partial charge in [0.1, 0.15) is 5.76 Å². The summed E-state index contributed by atoms with van der Waals surface area (Å²) >= 11 is 0. The van der Waals surface area contributed by atoms with Crippen LogP contribution in [0.1, 0.15) is 45.5 Å². The van der Waals surface area contributed by atoms with E-state index < -0.39 is 5.67 Å². The highest BCUT2D eigenvalue weighted by Gasteiger charge is 2.47. The van der Waals surface area contributed by atoms with Gasteiger partial charge in [-0.3, -0.25) is 9.79 Å². The van der Waals surface area contributed by atoms with Gasteiger partial charge in [0.15, 0.2) is 5.67 Å². The molecule has 0 saturated carbocycles. The quantitative estimate of drug-likeness (QED) is 0.740. The number of amides is 1. The number of rotatable bonds is 4. The van der Waals surface area contributed by atoms with E-state index >= 15 is 4.39 Å². The second-order valence-corrected chi connectivity index (χ2v) is 8.03. The van der Waals surface area contributed by atoms with E-state index in [1.165, 1.54) is 4.90 Å². The largest absolute Gasteiger partial charge is 0.495 e. The first-order valence-electron chi connectivity index (χ1n) is 10.3.